The van der Waals surface area contributed by atoms with E-state index in [9.17, 15) is 4.79 Å². The van der Waals surface area contributed by atoms with Gasteiger partial charge in [-0.1, -0.05) is 17.7 Å². The molecule has 3 nitrogen and oxygen atoms in total. The van der Waals surface area contributed by atoms with Crippen molar-refractivity contribution in [1.29, 1.82) is 0 Å². The van der Waals surface area contributed by atoms with Gasteiger partial charge in [-0.15, -0.1) is 0 Å². The Labute approximate surface area is 93.9 Å². The van der Waals surface area contributed by atoms with Crippen LogP contribution in [0.15, 0.2) is 24.3 Å². The summed E-state index contributed by atoms with van der Waals surface area (Å²) in [5.74, 6) is -0.378. The molecule has 0 bridgehead atoms. The van der Waals surface area contributed by atoms with Gasteiger partial charge in [0.25, 0.3) is 0 Å². The third-order valence-corrected chi connectivity index (χ3v) is 1.96. The van der Waals surface area contributed by atoms with Crippen LogP contribution in [0.4, 0.5) is 0 Å². The lowest BCUT2D eigenvalue weighted by atomic mass is 10.2. The molecule has 0 aliphatic carbocycles. The van der Waals surface area contributed by atoms with Gasteiger partial charge in [-0.2, -0.15) is 0 Å². The van der Waals surface area contributed by atoms with Crippen LogP contribution in [0.2, 0.25) is 5.02 Å². The first-order valence-corrected chi connectivity index (χ1v) is 5.12. The van der Waals surface area contributed by atoms with Crippen molar-refractivity contribution in [3.8, 4) is 0 Å². The molecule has 0 aliphatic heterocycles. The Morgan fingerprint density at radius 1 is 1.40 bits per heavy atom. The number of carbonyl (C=O) groups is 1. The van der Waals surface area contributed by atoms with Crippen LogP contribution < -0.4 is 0 Å². The van der Waals surface area contributed by atoms with Crippen LogP contribution in [-0.2, 0) is 9.47 Å². The summed E-state index contributed by atoms with van der Waals surface area (Å²) in [5.41, 5.74) is 0.457. The normalized spacial score (nSPS) is 10.0. The third-order valence-electron chi connectivity index (χ3n) is 1.73. The van der Waals surface area contributed by atoms with Crippen LogP contribution in [-0.4, -0.2) is 25.8 Å². The van der Waals surface area contributed by atoms with E-state index in [2.05, 4.69) is 0 Å². The van der Waals surface area contributed by atoms with E-state index < -0.39 is 0 Å². The molecule has 0 amide bonds. The average Bonchev–Trinajstić information content (AvgIpc) is 2.24. The lowest BCUT2D eigenvalue weighted by Crippen LogP contribution is -2.10. The molecule has 0 unspecified atom stereocenters. The van der Waals surface area contributed by atoms with Crippen molar-refractivity contribution in [3.63, 3.8) is 0 Å². The summed E-state index contributed by atoms with van der Waals surface area (Å²) >= 11 is 5.74. The summed E-state index contributed by atoms with van der Waals surface area (Å²) in [6, 6.07) is 6.65. The molecule has 0 spiro atoms. The number of hydrogen-bond donors (Lipinski definition) is 0. The highest BCUT2D eigenvalue weighted by Crippen LogP contribution is 2.11. The van der Waals surface area contributed by atoms with Crippen molar-refractivity contribution in [2.45, 2.75) is 6.92 Å². The lowest BCUT2D eigenvalue weighted by molar-refractivity contribution is 0.0335. The van der Waals surface area contributed by atoms with Gasteiger partial charge in [-0.25, -0.2) is 4.79 Å². The second-order valence-electron chi connectivity index (χ2n) is 2.84. The Kier molecular flexibility index (Phi) is 5.15. The molecule has 0 fully saturated rings. The number of halogens is 1. The van der Waals surface area contributed by atoms with Gasteiger partial charge < -0.3 is 9.47 Å². The Morgan fingerprint density at radius 3 is 2.87 bits per heavy atom. The van der Waals surface area contributed by atoms with E-state index in [1.807, 2.05) is 6.92 Å². The van der Waals surface area contributed by atoms with Gasteiger partial charge in [0.05, 0.1) is 12.2 Å². The molecule has 1 aromatic rings. The Bertz CT molecular complexity index is 325. The SMILES string of the molecule is CCOCCOC(=O)c1cccc(Cl)c1. The second-order valence-corrected chi connectivity index (χ2v) is 3.28. The number of carbonyl (C=O) groups excluding carboxylic acids is 1. The zero-order valence-electron chi connectivity index (χ0n) is 8.53. The van der Waals surface area contributed by atoms with Gasteiger partial charge in [0, 0.05) is 11.6 Å². The number of ether oxygens (including phenoxy) is 2. The van der Waals surface area contributed by atoms with Crippen LogP contribution in [0.25, 0.3) is 0 Å². The fourth-order valence-corrected chi connectivity index (χ4v) is 1.23. The largest absolute Gasteiger partial charge is 0.460 e. The molecule has 0 aromatic heterocycles. The summed E-state index contributed by atoms with van der Waals surface area (Å²) in [4.78, 5) is 11.4. The van der Waals surface area contributed by atoms with E-state index in [-0.39, 0.29) is 12.6 Å². The zero-order valence-corrected chi connectivity index (χ0v) is 9.29. The number of hydrogen-bond acceptors (Lipinski definition) is 3. The fourth-order valence-electron chi connectivity index (χ4n) is 1.04. The van der Waals surface area contributed by atoms with Gasteiger partial charge >= 0.3 is 5.97 Å². The molecule has 15 heavy (non-hydrogen) atoms. The molecule has 0 radical (unpaired) electrons. The quantitative estimate of drug-likeness (QED) is 0.574. The van der Waals surface area contributed by atoms with Crippen molar-refractivity contribution < 1.29 is 14.3 Å². The van der Waals surface area contributed by atoms with Crippen molar-refractivity contribution in [2.24, 2.45) is 0 Å². The van der Waals surface area contributed by atoms with Crippen LogP contribution in [0.3, 0.4) is 0 Å². The minimum Gasteiger partial charge on any atom is -0.460 e. The maximum atomic E-state index is 11.4. The predicted octanol–water partition coefficient (Wildman–Crippen LogP) is 2.53. The third kappa shape index (κ3) is 4.32. The van der Waals surface area contributed by atoms with E-state index >= 15 is 0 Å². The average molecular weight is 229 g/mol. The van der Waals surface area contributed by atoms with Crippen molar-refractivity contribution in [2.75, 3.05) is 19.8 Å². The van der Waals surface area contributed by atoms with Crippen LogP contribution >= 0.6 is 11.6 Å². The van der Waals surface area contributed by atoms with E-state index in [0.717, 1.165) is 0 Å². The molecule has 4 heteroatoms. The fraction of sp³-hybridized carbons (Fsp3) is 0.364. The molecular weight excluding hydrogens is 216 g/mol. The summed E-state index contributed by atoms with van der Waals surface area (Å²) in [5, 5.41) is 0.522. The molecule has 82 valence electrons. The summed E-state index contributed by atoms with van der Waals surface area (Å²) in [6.07, 6.45) is 0. The molecule has 0 saturated carbocycles. The maximum absolute atomic E-state index is 11.4. The van der Waals surface area contributed by atoms with Crippen LogP contribution in [0, 0.1) is 0 Å². The predicted molar refractivity (Wildman–Crippen MR) is 58.2 cm³/mol. The first-order chi connectivity index (χ1) is 7.24. The smallest absolute Gasteiger partial charge is 0.338 e. The minimum atomic E-state index is -0.378. The molecule has 0 saturated heterocycles. The Morgan fingerprint density at radius 2 is 2.20 bits per heavy atom. The molecule has 0 N–H and O–H groups in total. The van der Waals surface area contributed by atoms with E-state index in [4.69, 9.17) is 21.1 Å². The van der Waals surface area contributed by atoms with Crippen LogP contribution in [0.1, 0.15) is 17.3 Å². The first-order valence-electron chi connectivity index (χ1n) is 4.74. The zero-order chi connectivity index (χ0) is 11.1. The van der Waals surface area contributed by atoms with Gasteiger partial charge in [-0.3, -0.25) is 0 Å². The number of rotatable bonds is 5. The standard InChI is InChI=1S/C11H13ClO3/c1-2-14-6-7-15-11(13)9-4-3-5-10(12)8-9/h3-5,8H,2,6-7H2,1H3. The Hall–Kier alpha value is -1.06. The van der Waals surface area contributed by atoms with E-state index in [1.54, 1.807) is 24.3 Å². The Balaban J connectivity index is 2.40. The van der Waals surface area contributed by atoms with Gasteiger partial charge in [0.15, 0.2) is 0 Å². The number of benzene rings is 1. The van der Waals surface area contributed by atoms with Crippen molar-refractivity contribution in [3.05, 3.63) is 34.9 Å². The molecule has 0 atom stereocenters. The monoisotopic (exact) mass is 228 g/mol. The first kappa shape index (κ1) is 12.0. The molecule has 0 heterocycles. The summed E-state index contributed by atoms with van der Waals surface area (Å²) < 4.78 is 10.0. The van der Waals surface area contributed by atoms with Crippen molar-refractivity contribution in [1.82, 2.24) is 0 Å². The molecular formula is C11H13ClO3. The summed E-state index contributed by atoms with van der Waals surface area (Å²) in [7, 11) is 0. The van der Waals surface area contributed by atoms with Crippen LogP contribution in [0.5, 0.6) is 0 Å². The van der Waals surface area contributed by atoms with Gasteiger partial charge in [0.1, 0.15) is 6.61 Å². The molecule has 1 aromatic carbocycles. The number of esters is 1. The van der Waals surface area contributed by atoms with E-state index in [0.29, 0.717) is 23.8 Å². The molecule has 1 rings (SSSR count). The topological polar surface area (TPSA) is 35.5 Å². The minimum absolute atomic E-state index is 0.263. The second kappa shape index (κ2) is 6.43. The highest BCUT2D eigenvalue weighted by Gasteiger charge is 2.06. The maximum Gasteiger partial charge on any atom is 0.338 e. The summed E-state index contributed by atoms with van der Waals surface area (Å²) in [6.45, 7) is 3.19. The highest BCUT2D eigenvalue weighted by molar-refractivity contribution is 6.30. The van der Waals surface area contributed by atoms with Gasteiger partial charge in [0.2, 0.25) is 0 Å². The lowest BCUT2D eigenvalue weighted by Gasteiger charge is -2.04. The van der Waals surface area contributed by atoms with E-state index in [1.165, 1.54) is 0 Å². The highest BCUT2D eigenvalue weighted by atomic mass is 35.5. The van der Waals surface area contributed by atoms with Gasteiger partial charge in [-0.05, 0) is 25.1 Å². The van der Waals surface area contributed by atoms with Crippen molar-refractivity contribution >= 4 is 17.6 Å². The molecule has 0 aliphatic rings.